The number of rotatable bonds is 8. The molecule has 0 bridgehead atoms. The van der Waals surface area contributed by atoms with Gasteiger partial charge in [-0.3, -0.25) is 14.3 Å². The van der Waals surface area contributed by atoms with Crippen molar-refractivity contribution in [2.75, 3.05) is 10.6 Å². The summed E-state index contributed by atoms with van der Waals surface area (Å²) in [5.74, 6) is 0.838. The van der Waals surface area contributed by atoms with Gasteiger partial charge in [-0.2, -0.15) is 4.98 Å². The Morgan fingerprint density at radius 1 is 0.892 bits per heavy atom. The Kier molecular flexibility index (Phi) is 6.67. The highest BCUT2D eigenvalue weighted by molar-refractivity contribution is 5.63. The summed E-state index contributed by atoms with van der Waals surface area (Å²) in [6.45, 7) is 2.64. The van der Waals surface area contributed by atoms with E-state index in [9.17, 15) is 9.59 Å². The smallest absolute Gasteiger partial charge is 0.330 e. The maximum Gasteiger partial charge on any atom is 0.330 e. The molecule has 0 spiro atoms. The van der Waals surface area contributed by atoms with Crippen molar-refractivity contribution in [1.82, 2.24) is 19.7 Å². The molecule has 0 aliphatic rings. The van der Waals surface area contributed by atoms with Gasteiger partial charge in [0, 0.05) is 12.1 Å². The van der Waals surface area contributed by atoms with Crippen molar-refractivity contribution in [1.29, 1.82) is 0 Å². The van der Waals surface area contributed by atoms with Crippen LogP contribution in [-0.4, -0.2) is 19.7 Å². The number of aromatic nitrogens is 4. The lowest BCUT2D eigenvalue weighted by atomic mass is 10.1. The summed E-state index contributed by atoms with van der Waals surface area (Å²) < 4.78 is 6.93. The predicted molar refractivity (Wildman–Crippen MR) is 142 cm³/mol. The second kappa shape index (κ2) is 10.4. The second-order valence-electron chi connectivity index (χ2n) is 8.73. The molecule has 2 heterocycles. The zero-order valence-corrected chi connectivity index (χ0v) is 20.3. The van der Waals surface area contributed by atoms with Crippen LogP contribution >= 0.6 is 0 Å². The highest BCUT2D eigenvalue weighted by Crippen LogP contribution is 2.24. The number of nitrogens with two attached hydrogens (primary N) is 1. The van der Waals surface area contributed by atoms with Crippen LogP contribution in [0.3, 0.4) is 0 Å². The monoisotopic (exact) mass is 494 g/mol. The molecule has 37 heavy (non-hydrogen) atoms. The third kappa shape index (κ3) is 5.20. The van der Waals surface area contributed by atoms with Gasteiger partial charge in [-0.15, -0.1) is 0 Å². The first-order chi connectivity index (χ1) is 18.0. The molecule has 0 unspecified atom stereocenters. The molecule has 0 aliphatic heterocycles. The third-order valence-electron chi connectivity index (χ3n) is 6.11. The fraction of sp³-hybridized carbons (Fsp3) is 0.143. The number of aromatic amines is 1. The number of hydrogen-bond donors (Lipinski definition) is 2. The predicted octanol–water partition coefficient (Wildman–Crippen LogP) is 3.73. The number of anilines is 2. The molecule has 0 aliphatic carbocycles. The van der Waals surface area contributed by atoms with Gasteiger partial charge in [-0.25, -0.2) is 4.79 Å². The highest BCUT2D eigenvalue weighted by atomic mass is 16.5. The number of hydrogen-bond acceptors (Lipinski definition) is 7. The van der Waals surface area contributed by atoms with Crippen molar-refractivity contribution in [2.24, 2.45) is 0 Å². The Balaban J connectivity index is 1.55. The fourth-order valence-corrected chi connectivity index (χ4v) is 4.24. The van der Waals surface area contributed by atoms with Gasteiger partial charge >= 0.3 is 5.69 Å². The van der Waals surface area contributed by atoms with E-state index in [1.165, 1.54) is 4.57 Å². The number of nitrogens with one attached hydrogen (secondary N) is 1. The Hall–Kier alpha value is -4.92. The Labute approximate surface area is 212 Å². The van der Waals surface area contributed by atoms with Crippen molar-refractivity contribution < 1.29 is 4.52 Å². The topological polar surface area (TPSA) is 123 Å². The van der Waals surface area contributed by atoms with Gasteiger partial charge in [-0.1, -0.05) is 90.1 Å². The van der Waals surface area contributed by atoms with Gasteiger partial charge in [0.2, 0.25) is 11.7 Å². The summed E-state index contributed by atoms with van der Waals surface area (Å²) in [4.78, 5) is 34.6. The summed E-state index contributed by atoms with van der Waals surface area (Å²) >= 11 is 0. The first-order valence-electron chi connectivity index (χ1n) is 11.8. The third-order valence-corrected chi connectivity index (χ3v) is 6.11. The summed E-state index contributed by atoms with van der Waals surface area (Å²) in [6, 6.07) is 26.8. The lowest BCUT2D eigenvalue weighted by Gasteiger charge is -2.25. The van der Waals surface area contributed by atoms with Crippen LogP contribution in [0.15, 0.2) is 99.0 Å². The van der Waals surface area contributed by atoms with Gasteiger partial charge in [0.1, 0.15) is 11.5 Å². The molecule has 9 nitrogen and oxygen atoms in total. The minimum absolute atomic E-state index is 0.0622. The Bertz CT molecular complexity index is 1620. The largest absolute Gasteiger partial charge is 0.383 e. The van der Waals surface area contributed by atoms with Crippen LogP contribution in [0.5, 0.6) is 0 Å². The summed E-state index contributed by atoms with van der Waals surface area (Å²) in [5, 5.41) is 4.15. The van der Waals surface area contributed by atoms with E-state index in [2.05, 4.69) is 15.1 Å². The maximum atomic E-state index is 13.1. The van der Waals surface area contributed by atoms with Crippen molar-refractivity contribution in [3.8, 4) is 11.4 Å². The molecule has 186 valence electrons. The molecule has 5 rings (SSSR count). The molecule has 2 aromatic heterocycles. The molecular formula is C28H26N6O3. The molecule has 5 aromatic rings. The summed E-state index contributed by atoms with van der Waals surface area (Å²) in [7, 11) is 0. The minimum Gasteiger partial charge on any atom is -0.383 e. The summed E-state index contributed by atoms with van der Waals surface area (Å²) in [6.07, 6.45) is 0. The average molecular weight is 495 g/mol. The number of H-pyrrole nitrogens is 1. The molecule has 0 fully saturated rings. The van der Waals surface area contributed by atoms with Crippen LogP contribution in [-0.2, 0) is 19.6 Å². The standard InChI is InChI=1S/C28H26N6O3/c1-19-10-8-9-15-22(19)26-30-23(37-32-26)18-33(16-20-11-4-2-5-12-20)24-25(29)34(28(36)31-27(24)35)17-21-13-6-3-7-14-21/h2-15H,16-18,29H2,1H3,(H,31,35,36). The quantitative estimate of drug-likeness (QED) is 0.337. The lowest BCUT2D eigenvalue weighted by molar-refractivity contribution is 0.376. The van der Waals surface area contributed by atoms with Gasteiger partial charge in [-0.05, 0) is 23.6 Å². The van der Waals surface area contributed by atoms with Gasteiger partial charge < -0.3 is 15.2 Å². The van der Waals surface area contributed by atoms with E-state index in [1.54, 1.807) is 4.90 Å². The SMILES string of the molecule is Cc1ccccc1-c1noc(CN(Cc2ccccc2)c2c(N)n(Cc3ccccc3)c(=O)[nH]c2=O)n1. The maximum absolute atomic E-state index is 13.1. The van der Waals surface area contributed by atoms with Crippen LogP contribution < -0.4 is 21.9 Å². The number of nitrogen functional groups attached to an aromatic ring is 1. The molecule has 9 heteroatoms. The van der Waals surface area contributed by atoms with Crippen LogP contribution in [0.25, 0.3) is 11.4 Å². The Morgan fingerprint density at radius 2 is 1.54 bits per heavy atom. The number of aryl methyl sites for hydroxylation is 1. The van der Waals surface area contributed by atoms with E-state index in [4.69, 9.17) is 10.3 Å². The number of nitrogens with zero attached hydrogens (tertiary/aromatic N) is 4. The normalized spacial score (nSPS) is 10.9. The molecule has 0 radical (unpaired) electrons. The molecular weight excluding hydrogens is 468 g/mol. The second-order valence-corrected chi connectivity index (χ2v) is 8.73. The zero-order valence-electron chi connectivity index (χ0n) is 20.3. The van der Waals surface area contributed by atoms with Crippen molar-refractivity contribution in [3.63, 3.8) is 0 Å². The molecule has 0 amide bonds. The van der Waals surface area contributed by atoms with Crippen molar-refractivity contribution in [2.45, 2.75) is 26.6 Å². The zero-order chi connectivity index (χ0) is 25.8. The molecule has 0 atom stereocenters. The van der Waals surface area contributed by atoms with E-state index >= 15 is 0 Å². The molecule has 3 N–H and O–H groups in total. The van der Waals surface area contributed by atoms with Crippen LogP contribution in [0, 0.1) is 6.92 Å². The van der Waals surface area contributed by atoms with Gasteiger partial charge in [0.15, 0.2) is 0 Å². The van der Waals surface area contributed by atoms with E-state index in [-0.39, 0.29) is 24.6 Å². The van der Waals surface area contributed by atoms with E-state index in [0.29, 0.717) is 18.3 Å². The van der Waals surface area contributed by atoms with Crippen molar-refractivity contribution in [3.05, 3.63) is 128 Å². The average Bonchev–Trinajstić information content (AvgIpc) is 3.36. The van der Waals surface area contributed by atoms with E-state index in [0.717, 1.165) is 22.3 Å². The van der Waals surface area contributed by atoms with Crippen molar-refractivity contribution >= 4 is 11.5 Å². The van der Waals surface area contributed by atoms with E-state index in [1.807, 2.05) is 91.9 Å². The molecule has 0 saturated carbocycles. The number of benzene rings is 3. The summed E-state index contributed by atoms with van der Waals surface area (Å²) in [5.41, 5.74) is 9.20. The van der Waals surface area contributed by atoms with Crippen LogP contribution in [0.4, 0.5) is 11.5 Å². The molecule has 0 saturated heterocycles. The van der Waals surface area contributed by atoms with Gasteiger partial charge in [0.05, 0.1) is 13.1 Å². The van der Waals surface area contributed by atoms with Crippen LogP contribution in [0.1, 0.15) is 22.6 Å². The first kappa shape index (κ1) is 23.8. The minimum atomic E-state index is -0.582. The Morgan fingerprint density at radius 3 is 2.24 bits per heavy atom. The fourth-order valence-electron chi connectivity index (χ4n) is 4.24. The lowest BCUT2D eigenvalue weighted by Crippen LogP contribution is -2.38. The first-order valence-corrected chi connectivity index (χ1v) is 11.8. The highest BCUT2D eigenvalue weighted by Gasteiger charge is 2.22. The van der Waals surface area contributed by atoms with Gasteiger partial charge in [0.25, 0.3) is 5.56 Å². The van der Waals surface area contributed by atoms with E-state index < -0.39 is 11.2 Å². The molecule has 3 aromatic carbocycles. The van der Waals surface area contributed by atoms with Crippen LogP contribution in [0.2, 0.25) is 0 Å².